The molecule has 2 heterocycles. The molecule has 1 aliphatic carbocycles. The second kappa shape index (κ2) is 9.98. The van der Waals surface area contributed by atoms with E-state index >= 15 is 0 Å². The van der Waals surface area contributed by atoms with Gasteiger partial charge in [0.25, 0.3) is 0 Å². The van der Waals surface area contributed by atoms with Crippen molar-refractivity contribution in [3.8, 4) is 17.3 Å². The van der Waals surface area contributed by atoms with Crippen LogP contribution in [0.4, 0.5) is 11.6 Å². The summed E-state index contributed by atoms with van der Waals surface area (Å²) in [6, 6.07) is 10.6. The van der Waals surface area contributed by atoms with Crippen LogP contribution in [0, 0.1) is 22.2 Å². The number of hydrogen-bond acceptors (Lipinski definition) is 8. The van der Waals surface area contributed by atoms with E-state index in [1.807, 2.05) is 24.3 Å². The highest BCUT2D eigenvalue weighted by atomic mass is 35.5. The van der Waals surface area contributed by atoms with E-state index in [4.69, 9.17) is 17.0 Å². The topological polar surface area (TPSA) is 122 Å². The zero-order valence-electron chi connectivity index (χ0n) is 17.8. The first-order chi connectivity index (χ1) is 15.6. The van der Waals surface area contributed by atoms with Gasteiger partial charge in [0.15, 0.2) is 0 Å². The Morgan fingerprint density at radius 3 is 2.69 bits per heavy atom. The van der Waals surface area contributed by atoms with Crippen LogP contribution in [-0.2, 0) is 0 Å². The number of benzene rings is 1. The number of hydrogen-bond donors (Lipinski definition) is 5. The number of nitriles is 1. The number of aromatic nitrogens is 2. The fourth-order valence-corrected chi connectivity index (χ4v) is 3.77. The normalized spacial score (nSPS) is 17.8. The molecule has 0 atom stereocenters. The van der Waals surface area contributed by atoms with Crippen molar-refractivity contribution in [2.24, 2.45) is 5.41 Å². The van der Waals surface area contributed by atoms with Gasteiger partial charge >= 0.3 is 0 Å². The summed E-state index contributed by atoms with van der Waals surface area (Å²) in [7, 11) is 0. The summed E-state index contributed by atoms with van der Waals surface area (Å²) >= 11 is 6.37. The van der Waals surface area contributed by atoms with Gasteiger partial charge in [0.05, 0.1) is 34.1 Å². The van der Waals surface area contributed by atoms with Crippen molar-refractivity contribution in [2.45, 2.75) is 31.7 Å². The number of nitrogens with zero attached hydrogens (tertiary/aromatic N) is 3. The molecule has 0 spiro atoms. The lowest BCUT2D eigenvalue weighted by Gasteiger charge is -2.23. The maximum Gasteiger partial charge on any atom is 0.227 e. The average molecular weight is 451 g/mol. The molecule has 0 bridgehead atoms. The third-order valence-electron chi connectivity index (χ3n) is 5.85. The minimum Gasteiger partial charge on any atom is -0.386 e. The third-order valence-corrected chi connectivity index (χ3v) is 6.13. The van der Waals surface area contributed by atoms with E-state index < -0.39 is 0 Å². The molecule has 8 nitrogen and oxygen atoms in total. The summed E-state index contributed by atoms with van der Waals surface area (Å²) in [5.74, 6) is 0.373. The van der Waals surface area contributed by atoms with Gasteiger partial charge in [0.1, 0.15) is 0 Å². The molecule has 1 saturated carbocycles. The van der Waals surface area contributed by atoms with E-state index in [0.717, 1.165) is 50.0 Å². The molecular formula is C23H27ClN8. The van der Waals surface area contributed by atoms with Gasteiger partial charge in [0, 0.05) is 36.3 Å². The first-order valence-corrected chi connectivity index (χ1v) is 11.2. The molecule has 1 aromatic carbocycles. The van der Waals surface area contributed by atoms with Gasteiger partial charge in [-0.15, -0.1) is 0 Å². The molecule has 1 aliphatic heterocycles. The highest BCUT2D eigenvalue weighted by molar-refractivity contribution is 6.32. The summed E-state index contributed by atoms with van der Waals surface area (Å²) in [5, 5.41) is 30.5. The van der Waals surface area contributed by atoms with Crippen LogP contribution in [0.2, 0.25) is 5.02 Å². The monoisotopic (exact) mass is 450 g/mol. The summed E-state index contributed by atoms with van der Waals surface area (Å²) in [5.41, 5.74) is 2.81. The van der Waals surface area contributed by atoms with Crippen molar-refractivity contribution < 1.29 is 0 Å². The molecule has 1 aromatic heterocycles. The molecule has 5 N–H and O–H groups in total. The van der Waals surface area contributed by atoms with Gasteiger partial charge in [-0.3, -0.25) is 0 Å². The van der Waals surface area contributed by atoms with E-state index in [1.54, 1.807) is 12.4 Å². The predicted molar refractivity (Wildman–Crippen MR) is 128 cm³/mol. The van der Waals surface area contributed by atoms with Crippen LogP contribution < -0.4 is 21.3 Å². The van der Waals surface area contributed by atoms with Crippen LogP contribution in [-0.4, -0.2) is 41.9 Å². The average Bonchev–Trinajstić information content (AvgIpc) is 3.63. The molecule has 0 amide bonds. The van der Waals surface area contributed by atoms with Gasteiger partial charge in [-0.25, -0.2) is 9.97 Å². The van der Waals surface area contributed by atoms with Gasteiger partial charge < -0.3 is 26.7 Å². The van der Waals surface area contributed by atoms with Gasteiger partial charge in [-0.05, 0) is 50.9 Å². The summed E-state index contributed by atoms with van der Waals surface area (Å²) in [6.45, 7) is 2.65. The fraction of sp³-hybridized carbons (Fsp3) is 0.391. The van der Waals surface area contributed by atoms with Gasteiger partial charge in [0.2, 0.25) is 5.95 Å². The molecular weight excluding hydrogens is 424 g/mol. The zero-order chi connectivity index (χ0) is 22.4. The Balaban J connectivity index is 1.42. The Labute approximate surface area is 193 Å². The smallest absolute Gasteiger partial charge is 0.227 e. The number of allylic oxidation sites excluding steroid dienone is 1. The molecule has 1 saturated heterocycles. The van der Waals surface area contributed by atoms with E-state index in [1.165, 1.54) is 6.21 Å². The van der Waals surface area contributed by atoms with Crippen LogP contribution in [0.15, 0.2) is 42.4 Å². The number of anilines is 2. The van der Waals surface area contributed by atoms with Gasteiger partial charge in [-0.1, -0.05) is 23.7 Å². The lowest BCUT2D eigenvalue weighted by molar-refractivity contribution is 0.419. The first kappa shape index (κ1) is 22.1. The van der Waals surface area contributed by atoms with Crippen molar-refractivity contribution in [3.63, 3.8) is 0 Å². The SMILES string of the molecule is N#CC1(CNc2ccc(-c3nc(N/C(C=N)=C/NC4CCNCC4)ncc3Cl)cc2)CC1. The number of halogens is 1. The van der Waals surface area contributed by atoms with Crippen molar-refractivity contribution in [1.29, 1.82) is 10.7 Å². The highest BCUT2D eigenvalue weighted by Gasteiger charge is 2.42. The lowest BCUT2D eigenvalue weighted by Crippen LogP contribution is -2.38. The number of piperidine rings is 1. The third kappa shape index (κ3) is 5.55. The molecule has 9 heteroatoms. The molecule has 0 unspecified atom stereocenters. The second-order valence-corrected chi connectivity index (χ2v) is 8.68. The second-order valence-electron chi connectivity index (χ2n) is 8.27. The molecule has 4 rings (SSSR count). The van der Waals surface area contributed by atoms with Crippen molar-refractivity contribution in [1.82, 2.24) is 20.6 Å². The van der Waals surface area contributed by atoms with Crippen molar-refractivity contribution >= 4 is 29.5 Å². The Bertz CT molecular complexity index is 1020. The standard InChI is InChI=1S/C23H27ClN8/c24-20-13-29-22(31-19(11-25)12-28-18-5-9-27-10-6-18)32-21(20)16-1-3-17(4-2-16)30-15-23(14-26)7-8-23/h1-4,11-13,18,25,27-28,30H,5-10,15H2,(H,29,31,32)/b19-12+,25-11?. The lowest BCUT2D eigenvalue weighted by atomic mass is 10.1. The van der Waals surface area contributed by atoms with E-state index in [9.17, 15) is 5.26 Å². The Hall–Kier alpha value is -3.15. The highest BCUT2D eigenvalue weighted by Crippen LogP contribution is 2.44. The Morgan fingerprint density at radius 1 is 1.28 bits per heavy atom. The number of nitrogens with one attached hydrogen (secondary N) is 5. The van der Waals surface area contributed by atoms with Crippen LogP contribution >= 0.6 is 11.6 Å². The van der Waals surface area contributed by atoms with Crippen LogP contribution in [0.3, 0.4) is 0 Å². The molecule has 0 radical (unpaired) electrons. The summed E-state index contributed by atoms with van der Waals surface area (Å²) in [6.07, 6.45) is 8.61. The maximum absolute atomic E-state index is 9.21. The Kier molecular flexibility index (Phi) is 6.88. The molecule has 166 valence electrons. The van der Waals surface area contributed by atoms with Crippen LogP contribution in [0.5, 0.6) is 0 Å². The summed E-state index contributed by atoms with van der Waals surface area (Å²) < 4.78 is 0. The molecule has 32 heavy (non-hydrogen) atoms. The maximum atomic E-state index is 9.21. The minimum atomic E-state index is -0.196. The fourth-order valence-electron chi connectivity index (χ4n) is 3.57. The van der Waals surface area contributed by atoms with E-state index in [-0.39, 0.29) is 5.41 Å². The largest absolute Gasteiger partial charge is 0.386 e. The van der Waals surface area contributed by atoms with Crippen LogP contribution in [0.1, 0.15) is 25.7 Å². The van der Waals surface area contributed by atoms with Crippen molar-refractivity contribution in [3.05, 3.63) is 47.4 Å². The predicted octanol–water partition coefficient (Wildman–Crippen LogP) is 3.76. The van der Waals surface area contributed by atoms with E-state index in [0.29, 0.717) is 34.9 Å². The first-order valence-electron chi connectivity index (χ1n) is 10.8. The zero-order valence-corrected chi connectivity index (χ0v) is 18.5. The number of rotatable bonds is 9. The minimum absolute atomic E-state index is 0.196. The molecule has 2 aromatic rings. The van der Waals surface area contributed by atoms with Crippen molar-refractivity contribution in [2.75, 3.05) is 30.3 Å². The Morgan fingerprint density at radius 2 is 2.03 bits per heavy atom. The van der Waals surface area contributed by atoms with E-state index in [2.05, 4.69) is 37.3 Å². The quantitative estimate of drug-likeness (QED) is 0.369. The van der Waals surface area contributed by atoms with Gasteiger partial charge in [-0.2, -0.15) is 5.26 Å². The summed E-state index contributed by atoms with van der Waals surface area (Å²) in [4.78, 5) is 8.82. The molecule has 2 fully saturated rings. The van der Waals surface area contributed by atoms with Crippen LogP contribution in [0.25, 0.3) is 11.3 Å². The molecule has 2 aliphatic rings.